The van der Waals surface area contributed by atoms with Crippen molar-refractivity contribution in [2.75, 3.05) is 7.05 Å². The summed E-state index contributed by atoms with van der Waals surface area (Å²) in [7, 11) is 1.50. The molecule has 0 spiro atoms. The summed E-state index contributed by atoms with van der Waals surface area (Å²) < 4.78 is 1.21. The third-order valence-corrected chi connectivity index (χ3v) is 5.92. The zero-order chi connectivity index (χ0) is 20.9. The number of carbonyl (C=O) groups excluding carboxylic acids is 2. The van der Waals surface area contributed by atoms with Crippen molar-refractivity contribution in [3.63, 3.8) is 0 Å². The van der Waals surface area contributed by atoms with E-state index in [1.54, 1.807) is 35.4 Å². The van der Waals surface area contributed by atoms with Gasteiger partial charge in [-0.15, -0.1) is 23.1 Å². The number of nitrogens with two attached hydrogens (primary N) is 1. The second-order valence-corrected chi connectivity index (χ2v) is 8.49. The van der Waals surface area contributed by atoms with Gasteiger partial charge in [-0.25, -0.2) is 0 Å². The monoisotopic (exact) mass is 417 g/mol. The van der Waals surface area contributed by atoms with Crippen LogP contribution in [0.25, 0.3) is 0 Å². The average Bonchev–Trinajstić information content (AvgIpc) is 3.38. The smallest absolute Gasteiger partial charge is 0.183 e. The van der Waals surface area contributed by atoms with Gasteiger partial charge in [0.2, 0.25) is 0 Å². The fourth-order valence-corrected chi connectivity index (χ4v) is 4.30. The van der Waals surface area contributed by atoms with Crippen molar-refractivity contribution in [1.82, 2.24) is 10.2 Å². The van der Waals surface area contributed by atoms with Gasteiger partial charge in [0, 0.05) is 28.3 Å². The number of aromatic amines is 1. The highest BCUT2D eigenvalue weighted by molar-refractivity contribution is 8.00. The molecule has 3 aromatic rings. The maximum Gasteiger partial charge on any atom is 0.183 e. The summed E-state index contributed by atoms with van der Waals surface area (Å²) >= 11 is 3.47. The quantitative estimate of drug-likeness (QED) is 0.335. The van der Waals surface area contributed by atoms with Crippen molar-refractivity contribution in [3.8, 4) is 0 Å². The molecule has 7 heteroatoms. The topological polar surface area (TPSA) is 88.8 Å². The van der Waals surface area contributed by atoms with Gasteiger partial charge in [-0.2, -0.15) is 5.10 Å². The summed E-state index contributed by atoms with van der Waals surface area (Å²) in [6, 6.07) is 14.0. The lowest BCUT2D eigenvalue weighted by Crippen LogP contribution is -2.07. The number of aldehydes is 1. The maximum absolute atomic E-state index is 11.1. The molecule has 150 valence electrons. The Morgan fingerprint density at radius 3 is 2.43 bits per heavy atom. The molecule has 0 bridgehead atoms. The van der Waals surface area contributed by atoms with Crippen LogP contribution in [0.5, 0.6) is 0 Å². The fraction of sp³-hybridized carbons (Fsp3) is 0.286. The van der Waals surface area contributed by atoms with Crippen LogP contribution < -0.4 is 5.73 Å². The third kappa shape index (κ3) is 7.80. The Hall–Kier alpha value is -2.22. The lowest BCUT2D eigenvalue weighted by Gasteiger charge is -1.98. The molecule has 28 heavy (non-hydrogen) atoms. The van der Waals surface area contributed by atoms with Gasteiger partial charge in [0.1, 0.15) is 5.69 Å². The normalized spacial score (nSPS) is 9.79. The minimum atomic E-state index is 0.0421. The molecule has 0 saturated heterocycles. The van der Waals surface area contributed by atoms with E-state index in [0.29, 0.717) is 5.69 Å². The number of aryl methyl sites for hydroxylation is 1. The molecule has 0 atom stereocenters. The largest absolute Gasteiger partial charge is 0.333 e. The number of nitrogens with one attached hydrogen (secondary N) is 1. The van der Waals surface area contributed by atoms with Gasteiger partial charge in [-0.3, -0.25) is 14.7 Å². The zero-order valence-corrected chi connectivity index (χ0v) is 18.3. The maximum atomic E-state index is 11.1. The van der Waals surface area contributed by atoms with Crippen LogP contribution in [-0.4, -0.2) is 29.3 Å². The molecule has 3 rings (SSSR count). The Morgan fingerprint density at radius 2 is 1.93 bits per heavy atom. The zero-order valence-electron chi connectivity index (χ0n) is 16.6. The summed E-state index contributed by atoms with van der Waals surface area (Å²) in [5, 5.41) is 6.30. The van der Waals surface area contributed by atoms with E-state index >= 15 is 0 Å². The number of aromatic nitrogens is 2. The first-order chi connectivity index (χ1) is 13.5. The van der Waals surface area contributed by atoms with E-state index in [4.69, 9.17) is 0 Å². The number of H-pyrrole nitrogens is 1. The van der Waals surface area contributed by atoms with Crippen LogP contribution in [0.15, 0.2) is 52.9 Å². The number of hydrogen-bond donors (Lipinski definition) is 2. The van der Waals surface area contributed by atoms with Crippen LogP contribution in [0.4, 0.5) is 0 Å². The number of nitrogens with zero attached hydrogens (tertiary/aromatic N) is 1. The predicted molar refractivity (Wildman–Crippen MR) is 118 cm³/mol. The Labute approximate surface area is 174 Å². The SMILES string of the molecule is CC(C)C(=O)c1ccn[nH]1.CN.Cc1sc(SCc2ccccc2)cc1C=O. The molecule has 2 aromatic heterocycles. The van der Waals surface area contributed by atoms with Crippen LogP contribution in [0.3, 0.4) is 0 Å². The van der Waals surface area contributed by atoms with Crippen LogP contribution in [0.1, 0.15) is 45.1 Å². The first-order valence-corrected chi connectivity index (χ1v) is 10.6. The van der Waals surface area contributed by atoms with E-state index in [1.807, 2.05) is 45.0 Å². The summed E-state index contributed by atoms with van der Waals surface area (Å²) in [4.78, 5) is 22.9. The lowest BCUT2D eigenvalue weighted by molar-refractivity contribution is 0.0934. The molecule has 3 N–H and O–H groups in total. The van der Waals surface area contributed by atoms with E-state index in [1.165, 1.54) is 16.8 Å². The highest BCUT2D eigenvalue weighted by Crippen LogP contribution is 2.31. The Morgan fingerprint density at radius 1 is 1.25 bits per heavy atom. The molecule has 0 unspecified atom stereocenters. The fourth-order valence-electron chi connectivity index (χ4n) is 2.09. The highest BCUT2D eigenvalue weighted by atomic mass is 32.2. The van der Waals surface area contributed by atoms with Gasteiger partial charge in [0.15, 0.2) is 12.1 Å². The number of ketones is 1. The molecule has 0 aliphatic heterocycles. The Balaban J connectivity index is 0.000000281. The minimum absolute atomic E-state index is 0.0421. The van der Waals surface area contributed by atoms with Gasteiger partial charge in [0.05, 0.1) is 4.21 Å². The Kier molecular flexibility index (Phi) is 11.1. The van der Waals surface area contributed by atoms with E-state index in [2.05, 4.69) is 28.1 Å². The highest BCUT2D eigenvalue weighted by Gasteiger charge is 2.10. The molecular formula is C21H27N3O2S2. The van der Waals surface area contributed by atoms with Gasteiger partial charge < -0.3 is 5.73 Å². The standard InChI is InChI=1S/C13H12OS2.C7H10N2O.CH5N/c1-10-12(8-14)7-13(16-10)15-9-11-5-3-2-4-6-11;1-5(2)7(10)6-3-4-8-9-6;1-2/h2-8H,9H2,1H3;3-5H,1-2H3,(H,8,9);2H2,1H3. The molecule has 0 amide bonds. The van der Waals surface area contributed by atoms with Crippen molar-refractivity contribution < 1.29 is 9.59 Å². The van der Waals surface area contributed by atoms with E-state index < -0.39 is 0 Å². The second kappa shape index (κ2) is 13.0. The molecule has 0 fully saturated rings. The van der Waals surface area contributed by atoms with Crippen molar-refractivity contribution in [2.24, 2.45) is 11.7 Å². The number of thioether (sulfide) groups is 1. The number of Topliss-reactive ketones (excluding diaryl/α,β-unsaturated/α-hetero) is 1. The molecule has 0 saturated carbocycles. The van der Waals surface area contributed by atoms with Crippen molar-refractivity contribution in [3.05, 3.63) is 70.4 Å². The van der Waals surface area contributed by atoms with Gasteiger partial charge >= 0.3 is 0 Å². The second-order valence-electron chi connectivity index (χ2n) is 5.96. The average molecular weight is 418 g/mol. The van der Waals surface area contributed by atoms with Crippen LogP contribution in [0, 0.1) is 12.8 Å². The third-order valence-electron chi connectivity index (χ3n) is 3.58. The van der Waals surface area contributed by atoms with Crippen LogP contribution in [0.2, 0.25) is 0 Å². The molecule has 0 radical (unpaired) electrons. The van der Waals surface area contributed by atoms with E-state index in [0.717, 1.165) is 22.5 Å². The van der Waals surface area contributed by atoms with Crippen molar-refractivity contribution in [2.45, 2.75) is 30.7 Å². The van der Waals surface area contributed by atoms with Gasteiger partial charge in [-0.1, -0.05) is 44.2 Å². The van der Waals surface area contributed by atoms with E-state index in [-0.39, 0.29) is 11.7 Å². The molecule has 2 heterocycles. The summed E-state index contributed by atoms with van der Waals surface area (Å²) in [5.74, 6) is 1.11. The summed E-state index contributed by atoms with van der Waals surface area (Å²) in [5.41, 5.74) is 7.22. The lowest BCUT2D eigenvalue weighted by atomic mass is 10.1. The van der Waals surface area contributed by atoms with Crippen LogP contribution >= 0.6 is 23.1 Å². The van der Waals surface area contributed by atoms with Gasteiger partial charge in [0.25, 0.3) is 0 Å². The number of benzene rings is 1. The minimum Gasteiger partial charge on any atom is -0.333 e. The first-order valence-electron chi connectivity index (χ1n) is 8.85. The number of hydrogen-bond acceptors (Lipinski definition) is 6. The van der Waals surface area contributed by atoms with Crippen LogP contribution in [-0.2, 0) is 5.75 Å². The molecule has 0 aliphatic rings. The van der Waals surface area contributed by atoms with Crippen molar-refractivity contribution in [1.29, 1.82) is 0 Å². The van der Waals surface area contributed by atoms with Crippen molar-refractivity contribution >= 4 is 35.2 Å². The number of thiophene rings is 1. The van der Waals surface area contributed by atoms with Gasteiger partial charge in [-0.05, 0) is 31.7 Å². The first kappa shape index (κ1) is 23.8. The molecule has 5 nitrogen and oxygen atoms in total. The molecular weight excluding hydrogens is 390 g/mol. The predicted octanol–water partition coefficient (Wildman–Crippen LogP) is 4.98. The number of rotatable bonds is 6. The summed E-state index contributed by atoms with van der Waals surface area (Å²) in [6.45, 7) is 5.72. The molecule has 0 aliphatic carbocycles. The van der Waals surface area contributed by atoms with E-state index in [9.17, 15) is 9.59 Å². The summed E-state index contributed by atoms with van der Waals surface area (Å²) in [6.07, 6.45) is 2.51. The number of carbonyl (C=O) groups is 2. The molecule has 1 aromatic carbocycles. The Bertz CT molecular complexity index is 829.